The van der Waals surface area contributed by atoms with Gasteiger partial charge < -0.3 is 29.9 Å². The molecule has 342 valence electrons. The van der Waals surface area contributed by atoms with Gasteiger partial charge in [-0.2, -0.15) is 0 Å². The van der Waals surface area contributed by atoms with Crippen molar-refractivity contribution in [1.29, 1.82) is 0 Å². The Morgan fingerprint density at radius 1 is 0.586 bits per heavy atom. The number of carbonyl (C=O) groups excluding carboxylic acids is 3. The number of carboxylic acid groups (broad SMARTS) is 1. The van der Waals surface area contributed by atoms with Gasteiger partial charge in [0, 0.05) is 24.8 Å². The third-order valence-electron chi connectivity index (χ3n) is 10.3. The van der Waals surface area contributed by atoms with E-state index in [4.69, 9.17) is 23.6 Å². The van der Waals surface area contributed by atoms with E-state index < -0.39 is 62.5 Å². The molecule has 0 aliphatic heterocycles. The predicted molar refractivity (Wildman–Crippen MR) is 228 cm³/mol. The number of aliphatic hydroxyl groups is 1. The number of nitrogens with one attached hydrogen (secondary N) is 1. The summed E-state index contributed by atoms with van der Waals surface area (Å²) in [5, 5.41) is 21.5. The molecule has 0 saturated carbocycles. The third-order valence-corrected chi connectivity index (χ3v) is 11.3. The van der Waals surface area contributed by atoms with Gasteiger partial charge in [-0.05, 0) is 12.8 Å². The fourth-order valence-electron chi connectivity index (χ4n) is 6.48. The van der Waals surface area contributed by atoms with Crippen molar-refractivity contribution in [2.24, 2.45) is 5.41 Å². The number of hydrogen-bond donors (Lipinski definition) is 4. The first-order valence-corrected chi connectivity index (χ1v) is 24.4. The summed E-state index contributed by atoms with van der Waals surface area (Å²) in [6.07, 6.45) is 27.8. The van der Waals surface area contributed by atoms with E-state index in [1.165, 1.54) is 129 Å². The molecule has 0 aromatic carbocycles. The smallest absolute Gasteiger partial charge is 0.472 e. The molecule has 0 heterocycles. The normalized spacial score (nSPS) is 13.8. The molecule has 0 rings (SSSR count). The van der Waals surface area contributed by atoms with Crippen LogP contribution in [-0.4, -0.2) is 77.5 Å². The second-order valence-corrected chi connectivity index (χ2v) is 18.1. The summed E-state index contributed by atoms with van der Waals surface area (Å²) >= 11 is 0. The number of phosphoric ester groups is 1. The number of ether oxygens (including phenoxy) is 2. The Morgan fingerprint density at radius 2 is 0.983 bits per heavy atom. The zero-order valence-electron chi connectivity index (χ0n) is 37.0. The van der Waals surface area contributed by atoms with Crippen LogP contribution in [0.5, 0.6) is 0 Å². The van der Waals surface area contributed by atoms with Crippen LogP contribution in [-0.2, 0) is 42.3 Å². The molecule has 3 atom stereocenters. The average Bonchev–Trinajstić information content (AvgIpc) is 3.18. The highest BCUT2D eigenvalue weighted by Gasteiger charge is 2.37. The van der Waals surface area contributed by atoms with Crippen LogP contribution in [0.25, 0.3) is 0 Å². The lowest BCUT2D eigenvalue weighted by Crippen LogP contribution is -2.46. The number of amides is 1. The zero-order chi connectivity index (χ0) is 43.3. The number of phosphoric acid groups is 1. The van der Waals surface area contributed by atoms with Gasteiger partial charge in [0.2, 0.25) is 5.91 Å². The van der Waals surface area contributed by atoms with Crippen molar-refractivity contribution < 1.29 is 57.4 Å². The molecule has 58 heavy (non-hydrogen) atoms. The molecule has 0 aromatic heterocycles. The van der Waals surface area contributed by atoms with Crippen molar-refractivity contribution in [2.45, 2.75) is 226 Å². The quantitative estimate of drug-likeness (QED) is 0.0258. The van der Waals surface area contributed by atoms with Gasteiger partial charge in [-0.1, -0.05) is 182 Å². The third kappa shape index (κ3) is 34.8. The van der Waals surface area contributed by atoms with E-state index in [1.807, 2.05) is 0 Å². The molecular weight excluding hydrogens is 765 g/mol. The number of hydrogen-bond acceptors (Lipinski definition) is 10. The summed E-state index contributed by atoms with van der Waals surface area (Å²) in [5.74, 6) is -2.97. The second-order valence-electron chi connectivity index (χ2n) is 16.6. The van der Waals surface area contributed by atoms with Crippen molar-refractivity contribution >= 4 is 31.6 Å². The van der Waals surface area contributed by atoms with E-state index in [2.05, 4.69) is 19.2 Å². The Kier molecular flexibility index (Phi) is 35.5. The topological polar surface area (TPSA) is 195 Å². The van der Waals surface area contributed by atoms with Crippen molar-refractivity contribution in [3.8, 4) is 0 Å². The zero-order valence-corrected chi connectivity index (χ0v) is 37.8. The lowest BCUT2D eigenvalue weighted by Gasteiger charge is -2.30. The van der Waals surface area contributed by atoms with E-state index in [0.717, 1.165) is 38.5 Å². The fraction of sp³-hybridized carbons (Fsp3) is 0.909. The van der Waals surface area contributed by atoms with E-state index in [9.17, 15) is 33.7 Å². The molecule has 1 unspecified atom stereocenters. The Morgan fingerprint density at radius 3 is 1.40 bits per heavy atom. The van der Waals surface area contributed by atoms with Gasteiger partial charge in [-0.3, -0.25) is 28.2 Å². The molecule has 4 N–H and O–H groups in total. The van der Waals surface area contributed by atoms with Crippen molar-refractivity contribution in [1.82, 2.24) is 5.32 Å². The second kappa shape index (κ2) is 36.8. The molecule has 0 saturated heterocycles. The van der Waals surface area contributed by atoms with Crippen molar-refractivity contribution in [3.05, 3.63) is 0 Å². The first-order valence-electron chi connectivity index (χ1n) is 22.9. The molecular formula is C44H84NO12P. The lowest BCUT2D eigenvalue weighted by atomic mass is 9.87. The summed E-state index contributed by atoms with van der Waals surface area (Å²) in [4.78, 5) is 58.7. The fourth-order valence-corrected chi connectivity index (χ4v) is 7.40. The largest absolute Gasteiger partial charge is 0.481 e. The Bertz CT molecular complexity index is 1100. The van der Waals surface area contributed by atoms with Gasteiger partial charge >= 0.3 is 25.7 Å². The van der Waals surface area contributed by atoms with Crippen LogP contribution >= 0.6 is 7.82 Å². The Labute approximate surface area is 351 Å². The van der Waals surface area contributed by atoms with E-state index in [-0.39, 0.29) is 32.4 Å². The van der Waals surface area contributed by atoms with E-state index >= 15 is 0 Å². The van der Waals surface area contributed by atoms with Crippen molar-refractivity contribution in [3.63, 3.8) is 0 Å². The van der Waals surface area contributed by atoms with Gasteiger partial charge in [-0.25, -0.2) is 4.57 Å². The molecule has 0 aliphatic rings. The van der Waals surface area contributed by atoms with Crippen LogP contribution < -0.4 is 5.32 Å². The van der Waals surface area contributed by atoms with Crippen LogP contribution in [0.1, 0.15) is 214 Å². The monoisotopic (exact) mass is 850 g/mol. The molecule has 0 aromatic rings. The summed E-state index contributed by atoms with van der Waals surface area (Å²) in [6.45, 7) is 5.58. The van der Waals surface area contributed by atoms with Crippen LogP contribution in [0.4, 0.5) is 0 Å². The number of aliphatic hydroxyl groups excluding tert-OH is 1. The highest BCUT2D eigenvalue weighted by Crippen LogP contribution is 2.45. The van der Waals surface area contributed by atoms with Gasteiger partial charge in [0.05, 0.1) is 19.6 Å². The molecule has 0 bridgehead atoms. The average molecular weight is 850 g/mol. The molecule has 0 spiro atoms. The van der Waals surface area contributed by atoms with Gasteiger partial charge in [0.25, 0.3) is 0 Å². The van der Waals surface area contributed by atoms with Gasteiger partial charge in [0.15, 0.2) is 6.10 Å². The maximum atomic E-state index is 12.8. The minimum atomic E-state index is -4.79. The number of carbonyl (C=O) groups is 4. The summed E-state index contributed by atoms with van der Waals surface area (Å²) in [7, 11) is -4.79. The first kappa shape index (κ1) is 55.9. The number of rotatable bonds is 42. The molecule has 1 amide bonds. The summed E-state index contributed by atoms with van der Waals surface area (Å²) < 4.78 is 33.9. The van der Waals surface area contributed by atoms with E-state index in [0.29, 0.717) is 12.8 Å². The van der Waals surface area contributed by atoms with Crippen LogP contribution in [0.15, 0.2) is 0 Å². The molecule has 14 heteroatoms. The number of esters is 2. The lowest BCUT2D eigenvalue weighted by molar-refractivity contribution is -0.161. The van der Waals surface area contributed by atoms with Gasteiger partial charge in [0.1, 0.15) is 12.7 Å². The first-order chi connectivity index (χ1) is 27.7. The maximum absolute atomic E-state index is 12.8. The minimum absolute atomic E-state index is 0.148. The number of aliphatic carboxylic acids is 1. The number of carboxylic acids is 1. The molecule has 13 nitrogen and oxygen atoms in total. The van der Waals surface area contributed by atoms with Gasteiger partial charge in [-0.15, -0.1) is 0 Å². The summed E-state index contributed by atoms with van der Waals surface area (Å²) in [6, 6.07) is 0. The molecule has 0 fully saturated rings. The maximum Gasteiger partial charge on any atom is 0.472 e. The van der Waals surface area contributed by atoms with E-state index in [1.54, 1.807) is 0 Å². The van der Waals surface area contributed by atoms with Crippen molar-refractivity contribution in [2.75, 3.05) is 26.4 Å². The molecule has 0 radical (unpaired) electrons. The molecule has 0 aliphatic carbocycles. The summed E-state index contributed by atoms with van der Waals surface area (Å²) in [5.41, 5.74) is -1.36. The highest BCUT2D eigenvalue weighted by atomic mass is 31.2. The predicted octanol–water partition coefficient (Wildman–Crippen LogP) is 10.5. The van der Waals surface area contributed by atoms with Crippen LogP contribution in [0, 0.1) is 5.41 Å². The standard InChI is InChI=1S/C44H84NO12P/c1-5-7-9-11-13-15-17-19-21-23-25-27-29-31-40(48)54-35-38(57-41(49)32-30-28-26-24-22-20-18-16-14-12-10-8-6-2)36-55-58(52,53)56-37-44(3,4)42(50)43(51)45-34-33-39(46)47/h38,42,50H,5-37H2,1-4H3,(H,45,51)(H,46,47)(H,52,53)/t38-,42+/m1/s1. The van der Waals surface area contributed by atoms with Crippen LogP contribution in [0.2, 0.25) is 0 Å². The minimum Gasteiger partial charge on any atom is -0.481 e. The Balaban J connectivity index is 4.79. The highest BCUT2D eigenvalue weighted by molar-refractivity contribution is 7.47. The Hall–Kier alpha value is -2.05. The number of unbranched alkanes of at least 4 members (excludes halogenated alkanes) is 24. The SMILES string of the molecule is CCCCCCCCCCCCCCCC(=O)OC[C@H](COP(=O)(O)OCC(C)(C)[C@@H](O)C(=O)NCCC(=O)O)OC(=O)CCCCCCCCCCCCCCC. The van der Waals surface area contributed by atoms with Crippen LogP contribution in [0.3, 0.4) is 0 Å².